The van der Waals surface area contributed by atoms with E-state index in [4.69, 9.17) is 12.4 Å². The molecule has 1 aliphatic rings. The number of benzene rings is 1. The number of rotatable bonds is 5. The molecule has 5 nitrogen and oxygen atoms in total. The van der Waals surface area contributed by atoms with Crippen molar-refractivity contribution in [2.45, 2.75) is 18.8 Å². The molecule has 0 bridgehead atoms. The standard InChI is InChI=1S/C16H21N3O2/c1-19(2)6-5-12-9-17-15-4-3-11(8-14(12)15)7-13-10-21-16(20)18-13/h3-4,8-9,13,17H,5-7,10H2,1-2H3,(H,18,20)/t13-/m0/s1/i1D3,7D2,10D2/hD2. The monoisotopic (exact) mass is 296 g/mol. The van der Waals surface area contributed by atoms with Gasteiger partial charge in [0.2, 0.25) is 0 Å². The van der Waals surface area contributed by atoms with Crippen molar-refractivity contribution in [2.24, 2.45) is 0 Å². The number of aromatic amines is 1. The maximum atomic E-state index is 11.6. The van der Waals surface area contributed by atoms with Crippen LogP contribution in [0, 0.1) is 0 Å². The minimum Gasteiger partial charge on any atom is -0.447 e. The molecule has 0 aliphatic carbocycles. The van der Waals surface area contributed by atoms with E-state index in [-0.39, 0.29) is 17.4 Å². The summed E-state index contributed by atoms with van der Waals surface area (Å²) in [6, 6.07) is 2.47. The lowest BCUT2D eigenvalue weighted by atomic mass is 10.0. The number of hydrogen-bond acceptors (Lipinski definition) is 3. The molecule has 21 heavy (non-hydrogen) atoms. The van der Waals surface area contributed by atoms with Crippen LogP contribution in [0.2, 0.25) is 2.82 Å². The number of carbonyl (C=O) groups is 1. The Morgan fingerprint density at radius 2 is 2.57 bits per heavy atom. The highest BCUT2D eigenvalue weighted by Gasteiger charge is 2.22. The zero-order valence-corrected chi connectivity index (χ0v) is 11.5. The van der Waals surface area contributed by atoms with Crippen molar-refractivity contribution in [3.63, 3.8) is 0 Å². The third-order valence-electron chi connectivity index (χ3n) is 3.21. The van der Waals surface area contributed by atoms with Crippen LogP contribution < -0.4 is 5.31 Å². The summed E-state index contributed by atoms with van der Waals surface area (Å²) in [5.74, 6) is 0. The van der Waals surface area contributed by atoms with E-state index in [1.54, 1.807) is 0 Å². The minimum atomic E-state index is -2.70. The largest absolute Gasteiger partial charge is 0.447 e. The van der Waals surface area contributed by atoms with Gasteiger partial charge >= 0.3 is 6.09 Å². The summed E-state index contributed by atoms with van der Waals surface area (Å²) < 4.78 is 75.1. The Balaban J connectivity index is 1.99. The van der Waals surface area contributed by atoms with Gasteiger partial charge in [0, 0.05) is 30.5 Å². The number of cyclic esters (lactones) is 1. The third kappa shape index (κ3) is 3.19. The van der Waals surface area contributed by atoms with Crippen LogP contribution in [0.1, 0.15) is 20.7 Å². The Morgan fingerprint density at radius 1 is 1.67 bits per heavy atom. The van der Waals surface area contributed by atoms with Crippen molar-refractivity contribution in [1.82, 2.24) is 15.2 Å². The third-order valence-corrected chi connectivity index (χ3v) is 3.21. The molecule has 1 aromatic carbocycles. The summed E-state index contributed by atoms with van der Waals surface area (Å²) in [4.78, 5) is 13.9. The number of amides is 1. The predicted octanol–water partition coefficient (Wildman–Crippen LogP) is 1.92. The zero-order chi connectivity index (χ0) is 22.6. The fraction of sp³-hybridized carbons (Fsp3) is 0.438. The Labute approximate surface area is 137 Å². The van der Waals surface area contributed by atoms with Gasteiger partial charge < -0.3 is 19.9 Å². The molecular formula is C16H21N3O2. The summed E-state index contributed by atoms with van der Waals surface area (Å²) >= 11 is 0. The second kappa shape index (κ2) is 5.77. The van der Waals surface area contributed by atoms with Gasteiger partial charge in [0.15, 0.2) is 2.82 Å². The van der Waals surface area contributed by atoms with Gasteiger partial charge in [-0.05, 0) is 50.1 Å². The SMILES string of the molecule is [2H]N1C(=O)OC([2H])([2H])[C@@H]1C([2H])([2H])c1ccc2c(c1)c(CCN(C)C([2H])([2H])[2H])cn2[2H]. The quantitative estimate of drug-likeness (QED) is 0.886. The number of aromatic nitrogens is 1. The zero-order valence-electron chi connectivity index (χ0n) is 20.5. The first-order valence-electron chi connectivity index (χ1n) is 10.9. The van der Waals surface area contributed by atoms with Gasteiger partial charge in [-0.3, -0.25) is 0 Å². The van der Waals surface area contributed by atoms with Crippen molar-refractivity contribution in [2.75, 3.05) is 27.1 Å². The van der Waals surface area contributed by atoms with E-state index in [0.29, 0.717) is 22.9 Å². The molecule has 0 spiro atoms. The minimum absolute atomic E-state index is 0.0102. The van der Waals surface area contributed by atoms with E-state index in [1.165, 1.54) is 36.3 Å². The number of likely N-dealkylation sites (N-methyl/N-ethyl adjacent to an activating group) is 1. The molecule has 2 heterocycles. The molecule has 1 fully saturated rings. The molecule has 1 saturated heterocycles. The number of alkyl carbamates (subject to hydrolysis) is 1. The van der Waals surface area contributed by atoms with Crippen molar-refractivity contribution < 1.29 is 22.0 Å². The van der Waals surface area contributed by atoms with E-state index in [9.17, 15) is 4.79 Å². The van der Waals surface area contributed by atoms with E-state index in [0.717, 1.165) is 4.98 Å². The van der Waals surface area contributed by atoms with Crippen LogP contribution in [0.5, 0.6) is 0 Å². The van der Waals surface area contributed by atoms with Gasteiger partial charge in [0.1, 0.15) is 6.56 Å². The number of carbonyl (C=O) groups excluding carboxylic acids is 1. The molecule has 5 heteroatoms. The summed E-state index contributed by atoms with van der Waals surface area (Å²) in [5.41, 5.74) is 1.10. The highest BCUT2D eigenvalue weighted by atomic mass is 16.6. The average molecular weight is 296 g/mol. The molecular weight excluding hydrogens is 266 g/mol. The molecule has 0 saturated carbocycles. The lowest BCUT2D eigenvalue weighted by molar-refractivity contribution is 0.177. The molecule has 2 N–H and O–H groups in total. The number of nitrogens with one attached hydrogen (secondary N) is 2. The van der Waals surface area contributed by atoms with Crippen LogP contribution in [-0.2, 0) is 17.5 Å². The van der Waals surface area contributed by atoms with Crippen molar-refractivity contribution in [3.8, 4) is 0 Å². The molecule has 1 amide bonds. The van der Waals surface area contributed by atoms with Gasteiger partial charge in [-0.15, -0.1) is 0 Å². The summed E-state index contributed by atoms with van der Waals surface area (Å²) in [5, 5.41) is 0.666. The van der Waals surface area contributed by atoms with Crippen LogP contribution in [0.25, 0.3) is 10.9 Å². The van der Waals surface area contributed by atoms with E-state index < -0.39 is 32.0 Å². The van der Waals surface area contributed by atoms with Crippen molar-refractivity contribution in [3.05, 3.63) is 35.5 Å². The van der Waals surface area contributed by atoms with Crippen molar-refractivity contribution in [1.29, 1.82) is 0 Å². The fourth-order valence-electron chi connectivity index (χ4n) is 2.18. The summed E-state index contributed by atoms with van der Waals surface area (Å²) in [6.45, 7) is -4.79. The number of nitrogens with zero attached hydrogens (tertiary/aromatic N) is 1. The van der Waals surface area contributed by atoms with Gasteiger partial charge in [-0.1, -0.05) is 6.07 Å². The fourth-order valence-corrected chi connectivity index (χ4v) is 2.18. The summed E-state index contributed by atoms with van der Waals surface area (Å²) in [7, 11) is 1.46. The maximum absolute atomic E-state index is 11.6. The van der Waals surface area contributed by atoms with Crippen LogP contribution in [-0.4, -0.2) is 49.1 Å². The molecule has 1 aromatic heterocycles. The van der Waals surface area contributed by atoms with E-state index in [2.05, 4.69) is 4.74 Å². The number of ether oxygens (including phenoxy) is 1. The molecule has 2 aromatic rings. The molecule has 0 radical (unpaired) electrons. The first kappa shape index (κ1) is 6.83. The number of H-pyrrole nitrogens is 1. The lowest BCUT2D eigenvalue weighted by Gasteiger charge is -2.09. The van der Waals surface area contributed by atoms with Crippen LogP contribution in [0.15, 0.2) is 24.4 Å². The smallest absolute Gasteiger partial charge is 0.407 e. The van der Waals surface area contributed by atoms with Gasteiger partial charge in [0.05, 0.1) is 8.78 Å². The molecule has 1 aliphatic heterocycles. The lowest BCUT2D eigenvalue weighted by Crippen LogP contribution is -2.28. The van der Waals surface area contributed by atoms with Crippen molar-refractivity contribution >= 4 is 17.0 Å². The highest BCUT2D eigenvalue weighted by molar-refractivity contribution is 5.84. The van der Waals surface area contributed by atoms with E-state index >= 15 is 0 Å². The first-order chi connectivity index (χ1) is 13.7. The maximum Gasteiger partial charge on any atom is 0.407 e. The molecule has 0 unspecified atom stereocenters. The number of hydrogen-bond donors (Lipinski definition) is 2. The Morgan fingerprint density at radius 3 is 3.33 bits per heavy atom. The second-order valence-corrected chi connectivity index (χ2v) is 4.85. The highest BCUT2D eigenvalue weighted by Crippen LogP contribution is 2.21. The van der Waals surface area contributed by atoms with Gasteiger partial charge in [-0.25, -0.2) is 4.79 Å². The predicted molar refractivity (Wildman–Crippen MR) is 82.5 cm³/mol. The molecule has 1 atom stereocenters. The average Bonchev–Trinajstić information content (AvgIpc) is 3.04. The van der Waals surface area contributed by atoms with E-state index in [1.807, 2.05) is 0 Å². The number of fused-ring (bicyclic) bond motifs is 1. The second-order valence-electron chi connectivity index (χ2n) is 4.85. The summed E-state index contributed by atoms with van der Waals surface area (Å²) in [6.07, 6.45) is -1.95. The van der Waals surface area contributed by atoms with Gasteiger partial charge in [-0.2, -0.15) is 0 Å². The van der Waals surface area contributed by atoms with Crippen LogP contribution in [0.3, 0.4) is 0 Å². The molecule has 3 rings (SSSR count). The van der Waals surface area contributed by atoms with Crippen LogP contribution >= 0.6 is 0 Å². The topological polar surface area (TPSA) is 57.4 Å². The Hall–Kier alpha value is -2.01. The van der Waals surface area contributed by atoms with Crippen LogP contribution in [0.4, 0.5) is 4.79 Å². The molecule has 112 valence electrons. The Kier molecular flexibility index (Phi) is 1.88. The normalized spacial score (nSPS) is 28.7. The van der Waals surface area contributed by atoms with Gasteiger partial charge in [0.25, 0.3) is 0 Å². The Bertz CT molecular complexity index is 973. The first-order valence-corrected chi connectivity index (χ1v) is 6.52.